The van der Waals surface area contributed by atoms with Crippen LogP contribution in [0.4, 0.5) is 4.79 Å². The van der Waals surface area contributed by atoms with Gasteiger partial charge in [-0.15, -0.1) is 11.3 Å². The number of carbonyl (C=O) groups is 1. The third-order valence-corrected chi connectivity index (χ3v) is 10.9. The van der Waals surface area contributed by atoms with Crippen molar-refractivity contribution in [3.05, 3.63) is 52.4 Å². The van der Waals surface area contributed by atoms with Crippen LogP contribution in [0.25, 0.3) is 10.4 Å². The van der Waals surface area contributed by atoms with E-state index >= 15 is 0 Å². The van der Waals surface area contributed by atoms with Gasteiger partial charge in [-0.3, -0.25) is 4.68 Å². The molecule has 1 saturated carbocycles. The van der Waals surface area contributed by atoms with E-state index in [4.69, 9.17) is 19.2 Å². The molecule has 5 rings (SSSR count). The molecular formula is C28H37N5O4S2. The molecule has 2 aliphatic rings. The Morgan fingerprint density at radius 3 is 2.62 bits per heavy atom. The lowest BCUT2D eigenvalue weighted by Gasteiger charge is -2.29. The Bertz CT molecular complexity index is 1410. The standard InChI is InChI=1S/C28H37N5O4S2/c1-17(2)37-28(34)31-21-8-6-20(7-9-21)27-30-14-25(38-27)24-10-5-19(12-22-11-18(3)33(4)32-22)13-26(24)39(29,35)23-15-36-16-23/h5,10-11,13-14,17,20-21,23,29H,6-9,12,15-16H2,1-4H3,(H,31,34). The lowest BCUT2D eigenvalue weighted by Crippen LogP contribution is -2.40. The molecule has 0 radical (unpaired) electrons. The number of hydrogen-bond donors (Lipinski definition) is 2. The highest BCUT2D eigenvalue weighted by Gasteiger charge is 2.33. The fraction of sp³-hybridized carbons (Fsp3) is 0.536. The molecule has 11 heteroatoms. The number of benzene rings is 1. The second-order valence-corrected chi connectivity index (χ2v) is 14.2. The van der Waals surface area contributed by atoms with Crippen molar-refractivity contribution in [3.63, 3.8) is 0 Å². The molecule has 1 aliphatic heterocycles. The van der Waals surface area contributed by atoms with Gasteiger partial charge in [0.1, 0.15) is 0 Å². The number of carbonyl (C=O) groups excluding carboxylic acids is 1. The maximum Gasteiger partial charge on any atom is 0.407 e. The minimum atomic E-state index is -3.07. The molecule has 3 aromatic rings. The Morgan fingerprint density at radius 2 is 2.00 bits per heavy atom. The highest BCUT2D eigenvalue weighted by atomic mass is 32.2. The van der Waals surface area contributed by atoms with E-state index in [1.807, 2.05) is 56.9 Å². The van der Waals surface area contributed by atoms with Gasteiger partial charge in [0, 0.05) is 42.9 Å². The van der Waals surface area contributed by atoms with Gasteiger partial charge in [-0.05, 0) is 64.2 Å². The van der Waals surface area contributed by atoms with Gasteiger partial charge in [-0.25, -0.2) is 18.8 Å². The Balaban J connectivity index is 1.35. The first kappa shape index (κ1) is 27.8. The van der Waals surface area contributed by atoms with Crippen LogP contribution in [0.1, 0.15) is 67.4 Å². The summed E-state index contributed by atoms with van der Waals surface area (Å²) in [6, 6.07) is 8.14. The van der Waals surface area contributed by atoms with Crippen molar-refractivity contribution in [2.45, 2.75) is 81.1 Å². The largest absolute Gasteiger partial charge is 0.447 e. The number of nitrogens with zero attached hydrogens (tertiary/aromatic N) is 3. The molecule has 2 fully saturated rings. The molecule has 1 aromatic carbocycles. The number of alkyl carbamates (subject to hydrolysis) is 1. The van der Waals surface area contributed by atoms with Crippen molar-refractivity contribution in [2.75, 3.05) is 13.2 Å². The topological polar surface area (TPSA) is 119 Å². The molecule has 39 heavy (non-hydrogen) atoms. The lowest BCUT2D eigenvalue weighted by molar-refractivity contribution is 0.0427. The van der Waals surface area contributed by atoms with E-state index in [9.17, 15) is 9.00 Å². The Labute approximate surface area is 234 Å². The first-order valence-electron chi connectivity index (χ1n) is 13.5. The van der Waals surface area contributed by atoms with Crippen molar-refractivity contribution in [1.29, 1.82) is 4.78 Å². The number of nitrogens with one attached hydrogen (secondary N) is 2. The van der Waals surface area contributed by atoms with Gasteiger partial charge in [-0.1, -0.05) is 12.1 Å². The van der Waals surface area contributed by atoms with Crippen molar-refractivity contribution >= 4 is 27.2 Å². The molecule has 1 unspecified atom stereocenters. The van der Waals surface area contributed by atoms with E-state index in [0.29, 0.717) is 30.4 Å². The number of aryl methyl sites for hydroxylation is 2. The van der Waals surface area contributed by atoms with E-state index in [1.54, 1.807) is 11.3 Å². The summed E-state index contributed by atoms with van der Waals surface area (Å²) >= 11 is 1.62. The molecule has 1 amide bonds. The third kappa shape index (κ3) is 6.20. The van der Waals surface area contributed by atoms with Crippen molar-refractivity contribution < 1.29 is 18.5 Å². The van der Waals surface area contributed by atoms with Crippen molar-refractivity contribution in [1.82, 2.24) is 20.1 Å². The van der Waals surface area contributed by atoms with Crippen LogP contribution < -0.4 is 5.32 Å². The predicted molar refractivity (Wildman–Crippen MR) is 152 cm³/mol. The third-order valence-electron chi connectivity index (χ3n) is 7.53. The molecule has 0 bridgehead atoms. The molecule has 3 heterocycles. The average molecular weight is 572 g/mol. The summed E-state index contributed by atoms with van der Waals surface area (Å²) in [7, 11) is -1.14. The first-order chi connectivity index (χ1) is 18.6. The fourth-order valence-corrected chi connectivity index (χ4v) is 8.10. The summed E-state index contributed by atoms with van der Waals surface area (Å²) < 4.78 is 35.1. The zero-order chi connectivity index (χ0) is 27.7. The quantitative estimate of drug-likeness (QED) is 0.373. The van der Waals surface area contributed by atoms with E-state index in [1.165, 1.54) is 0 Å². The zero-order valence-electron chi connectivity index (χ0n) is 22.9. The highest BCUT2D eigenvalue weighted by Crippen LogP contribution is 2.40. The number of amides is 1. The molecular weight excluding hydrogens is 534 g/mol. The number of thiazole rings is 1. The summed E-state index contributed by atoms with van der Waals surface area (Å²) in [5.74, 6) is 0.318. The second kappa shape index (κ2) is 11.4. The van der Waals surface area contributed by atoms with Gasteiger partial charge < -0.3 is 14.8 Å². The Hall–Kier alpha value is -2.76. The maximum atomic E-state index is 13.8. The van der Waals surface area contributed by atoms with E-state index in [0.717, 1.165) is 58.1 Å². The summed E-state index contributed by atoms with van der Waals surface area (Å²) in [6.45, 7) is 6.40. The minimum absolute atomic E-state index is 0.117. The second-order valence-electron chi connectivity index (χ2n) is 10.9. The minimum Gasteiger partial charge on any atom is -0.447 e. The molecule has 2 aromatic heterocycles. The van der Waals surface area contributed by atoms with Crippen LogP contribution in [0.2, 0.25) is 0 Å². The van der Waals surface area contributed by atoms with Crippen LogP contribution in [-0.2, 0) is 32.7 Å². The van der Waals surface area contributed by atoms with Crippen molar-refractivity contribution in [3.8, 4) is 10.4 Å². The van der Waals surface area contributed by atoms with Gasteiger partial charge >= 0.3 is 6.09 Å². The molecule has 2 N–H and O–H groups in total. The smallest absolute Gasteiger partial charge is 0.407 e. The number of aromatic nitrogens is 3. The van der Waals surface area contributed by atoms with Crippen LogP contribution in [0.3, 0.4) is 0 Å². The van der Waals surface area contributed by atoms with Crippen LogP contribution in [-0.4, -0.2) is 55.7 Å². The predicted octanol–water partition coefficient (Wildman–Crippen LogP) is 5.41. The number of rotatable bonds is 8. The van der Waals surface area contributed by atoms with Gasteiger partial charge in [0.15, 0.2) is 0 Å². The maximum absolute atomic E-state index is 13.8. The summed E-state index contributed by atoms with van der Waals surface area (Å²) in [5.41, 5.74) is 3.83. The normalized spacial score (nSPS) is 21.4. The lowest BCUT2D eigenvalue weighted by atomic mass is 9.86. The molecule has 1 aliphatic carbocycles. The molecule has 9 nitrogen and oxygen atoms in total. The molecule has 1 saturated heterocycles. The van der Waals surface area contributed by atoms with E-state index < -0.39 is 9.73 Å². The SMILES string of the molecule is Cc1cc(Cc2ccc(-c3cnc(C4CCC(NC(=O)OC(C)C)CC4)s3)c(S(=N)(=O)C3COC3)c2)nn1C. The van der Waals surface area contributed by atoms with Crippen molar-refractivity contribution in [2.24, 2.45) is 7.05 Å². The van der Waals surface area contributed by atoms with Gasteiger partial charge in [0.05, 0.1) is 54.8 Å². The van der Waals surface area contributed by atoms with Gasteiger partial charge in [0.25, 0.3) is 0 Å². The fourth-order valence-electron chi connectivity index (χ4n) is 5.15. The Kier molecular flexibility index (Phi) is 8.11. The number of hydrogen-bond acceptors (Lipinski definition) is 8. The highest BCUT2D eigenvalue weighted by molar-refractivity contribution is 7.93. The zero-order valence-corrected chi connectivity index (χ0v) is 24.6. The van der Waals surface area contributed by atoms with Crippen LogP contribution in [0.5, 0.6) is 0 Å². The molecule has 1 atom stereocenters. The van der Waals surface area contributed by atoms with Gasteiger partial charge in [0.2, 0.25) is 0 Å². The van der Waals surface area contributed by atoms with Gasteiger partial charge in [-0.2, -0.15) is 5.10 Å². The average Bonchev–Trinajstić information content (AvgIpc) is 3.44. The van der Waals surface area contributed by atoms with Crippen LogP contribution in [0, 0.1) is 11.7 Å². The monoisotopic (exact) mass is 571 g/mol. The van der Waals surface area contributed by atoms with E-state index in [-0.39, 0.29) is 23.5 Å². The van der Waals surface area contributed by atoms with Crippen LogP contribution >= 0.6 is 11.3 Å². The van der Waals surface area contributed by atoms with Crippen LogP contribution in [0.15, 0.2) is 35.4 Å². The molecule has 210 valence electrons. The summed E-state index contributed by atoms with van der Waals surface area (Å²) in [6.07, 6.45) is 5.61. The van der Waals surface area contributed by atoms with E-state index in [2.05, 4.69) is 16.5 Å². The molecule has 0 spiro atoms. The Morgan fingerprint density at radius 1 is 1.26 bits per heavy atom. The first-order valence-corrected chi connectivity index (χ1v) is 15.9. The number of ether oxygens (including phenoxy) is 2. The summed E-state index contributed by atoms with van der Waals surface area (Å²) in [4.78, 5) is 18.2. The summed E-state index contributed by atoms with van der Waals surface area (Å²) in [5, 5.41) is 8.30.